The molecule has 1 aliphatic rings. The number of esters is 2. The molecule has 0 heterocycles. The van der Waals surface area contributed by atoms with Crippen molar-refractivity contribution in [1.29, 1.82) is 0 Å². The zero-order chi connectivity index (χ0) is 16.3. The number of carbonyl (C=O) groups excluding carboxylic acids is 2. The van der Waals surface area contributed by atoms with E-state index >= 15 is 0 Å². The molecule has 0 aromatic rings. The summed E-state index contributed by atoms with van der Waals surface area (Å²) < 4.78 is 10.7. The first kappa shape index (κ1) is 18.0. The van der Waals surface area contributed by atoms with Crippen LogP contribution in [0.1, 0.15) is 73.6 Å². The topological polar surface area (TPSA) is 52.6 Å². The van der Waals surface area contributed by atoms with Gasteiger partial charge in [0.2, 0.25) is 0 Å². The summed E-state index contributed by atoms with van der Waals surface area (Å²) in [5.41, 5.74) is -1.27. The van der Waals surface area contributed by atoms with E-state index in [1.165, 1.54) is 6.42 Å². The second kappa shape index (κ2) is 6.37. The summed E-state index contributed by atoms with van der Waals surface area (Å²) >= 11 is 0. The second-order valence-corrected chi connectivity index (χ2v) is 7.94. The summed E-state index contributed by atoms with van der Waals surface area (Å²) in [5, 5.41) is 0. The van der Waals surface area contributed by atoms with Crippen LogP contribution in [0.25, 0.3) is 0 Å². The molecule has 0 aromatic heterocycles. The van der Waals surface area contributed by atoms with Gasteiger partial charge < -0.3 is 9.47 Å². The van der Waals surface area contributed by atoms with Crippen LogP contribution in [0.5, 0.6) is 0 Å². The van der Waals surface area contributed by atoms with Crippen molar-refractivity contribution >= 4 is 11.9 Å². The molecule has 0 bridgehead atoms. The molecule has 1 aliphatic carbocycles. The van der Waals surface area contributed by atoms with Crippen molar-refractivity contribution in [3.8, 4) is 0 Å². The Morgan fingerprint density at radius 2 is 1.52 bits per heavy atom. The summed E-state index contributed by atoms with van der Waals surface area (Å²) in [6.07, 6.45) is 5.14. The van der Waals surface area contributed by atoms with Crippen molar-refractivity contribution in [2.45, 2.75) is 79.2 Å². The number of ether oxygens (including phenoxy) is 2. The molecule has 0 unspecified atom stereocenters. The standard InChI is InChI=1S/C17H30O4/c1-15(2,3)16(4,5)14(19)20-12-13(18)21-17(6)10-8-7-9-11-17/h7-12H2,1-6H3. The molecule has 0 aromatic carbocycles. The third-order valence-electron chi connectivity index (χ3n) is 4.98. The lowest BCUT2D eigenvalue weighted by Crippen LogP contribution is -2.40. The molecule has 0 spiro atoms. The van der Waals surface area contributed by atoms with E-state index in [-0.39, 0.29) is 23.6 Å². The van der Waals surface area contributed by atoms with Crippen molar-refractivity contribution in [2.75, 3.05) is 6.61 Å². The average molecular weight is 298 g/mol. The first-order valence-electron chi connectivity index (χ1n) is 7.87. The third kappa shape index (κ3) is 4.72. The van der Waals surface area contributed by atoms with Crippen LogP contribution in [0.15, 0.2) is 0 Å². The maximum Gasteiger partial charge on any atom is 0.344 e. The molecule has 4 heteroatoms. The maximum atomic E-state index is 12.2. The Balaban J connectivity index is 2.48. The van der Waals surface area contributed by atoms with Crippen molar-refractivity contribution in [1.82, 2.24) is 0 Å². The van der Waals surface area contributed by atoms with Gasteiger partial charge in [0, 0.05) is 0 Å². The predicted octanol–water partition coefficient (Wildman–Crippen LogP) is 3.87. The highest BCUT2D eigenvalue weighted by Crippen LogP contribution is 2.39. The average Bonchev–Trinajstić information content (AvgIpc) is 2.34. The summed E-state index contributed by atoms with van der Waals surface area (Å²) in [6, 6.07) is 0. The molecule has 0 radical (unpaired) electrons. The second-order valence-electron chi connectivity index (χ2n) is 7.94. The maximum absolute atomic E-state index is 12.2. The van der Waals surface area contributed by atoms with Crippen LogP contribution in [0, 0.1) is 10.8 Å². The Bertz CT molecular complexity index is 384. The summed E-state index contributed by atoms with van der Waals surface area (Å²) in [6.45, 7) is 11.3. The zero-order valence-corrected chi connectivity index (χ0v) is 14.4. The van der Waals surface area contributed by atoms with E-state index in [1.807, 2.05) is 41.5 Å². The quantitative estimate of drug-likeness (QED) is 0.739. The number of hydrogen-bond donors (Lipinski definition) is 0. The first-order valence-corrected chi connectivity index (χ1v) is 7.87. The van der Waals surface area contributed by atoms with Crippen LogP contribution in [-0.2, 0) is 19.1 Å². The first-order chi connectivity index (χ1) is 9.48. The fraction of sp³-hybridized carbons (Fsp3) is 0.882. The predicted molar refractivity (Wildman–Crippen MR) is 81.8 cm³/mol. The minimum Gasteiger partial charge on any atom is -0.457 e. The van der Waals surface area contributed by atoms with E-state index < -0.39 is 11.4 Å². The van der Waals surface area contributed by atoms with Gasteiger partial charge in [0.25, 0.3) is 0 Å². The molecule has 0 saturated heterocycles. The minimum absolute atomic E-state index is 0.233. The molecule has 1 fully saturated rings. The molecular formula is C17H30O4. The normalized spacial score (nSPS) is 19.0. The highest BCUT2D eigenvalue weighted by Gasteiger charge is 2.41. The smallest absolute Gasteiger partial charge is 0.344 e. The van der Waals surface area contributed by atoms with E-state index in [2.05, 4.69) is 0 Å². The Morgan fingerprint density at radius 1 is 1.00 bits per heavy atom. The van der Waals surface area contributed by atoms with E-state index in [0.29, 0.717) is 0 Å². The van der Waals surface area contributed by atoms with E-state index in [1.54, 1.807) is 0 Å². The lowest BCUT2D eigenvalue weighted by molar-refractivity contribution is -0.177. The third-order valence-corrected chi connectivity index (χ3v) is 4.98. The molecule has 0 N–H and O–H groups in total. The molecule has 0 atom stereocenters. The molecule has 0 amide bonds. The Labute approximate surface area is 128 Å². The van der Waals surface area contributed by atoms with Crippen LogP contribution < -0.4 is 0 Å². The lowest BCUT2D eigenvalue weighted by atomic mass is 9.69. The van der Waals surface area contributed by atoms with E-state index in [0.717, 1.165) is 25.7 Å². The van der Waals surface area contributed by atoms with Gasteiger partial charge in [-0.05, 0) is 51.9 Å². The SMILES string of the molecule is CC1(OC(=O)COC(=O)C(C)(C)C(C)(C)C)CCCCC1. The summed E-state index contributed by atoms with van der Waals surface area (Å²) in [5.74, 6) is -0.807. The van der Waals surface area contributed by atoms with Gasteiger partial charge >= 0.3 is 11.9 Å². The van der Waals surface area contributed by atoms with Gasteiger partial charge in [-0.2, -0.15) is 0 Å². The van der Waals surface area contributed by atoms with Gasteiger partial charge in [-0.3, -0.25) is 4.79 Å². The Morgan fingerprint density at radius 3 is 2.00 bits per heavy atom. The van der Waals surface area contributed by atoms with Crippen molar-refractivity contribution < 1.29 is 19.1 Å². The molecule has 1 saturated carbocycles. The molecule has 4 nitrogen and oxygen atoms in total. The number of hydrogen-bond acceptors (Lipinski definition) is 4. The van der Waals surface area contributed by atoms with Gasteiger partial charge in [-0.15, -0.1) is 0 Å². The minimum atomic E-state index is -0.651. The van der Waals surface area contributed by atoms with Crippen LogP contribution in [-0.4, -0.2) is 24.1 Å². The molecule has 21 heavy (non-hydrogen) atoms. The van der Waals surface area contributed by atoms with E-state index in [4.69, 9.17) is 9.47 Å². The van der Waals surface area contributed by atoms with Crippen LogP contribution >= 0.6 is 0 Å². The summed E-state index contributed by atoms with van der Waals surface area (Å²) in [7, 11) is 0. The van der Waals surface area contributed by atoms with Crippen molar-refractivity contribution in [2.24, 2.45) is 10.8 Å². The summed E-state index contributed by atoms with van der Waals surface area (Å²) in [4.78, 5) is 24.1. The van der Waals surface area contributed by atoms with E-state index in [9.17, 15) is 9.59 Å². The van der Waals surface area contributed by atoms with Crippen molar-refractivity contribution in [3.63, 3.8) is 0 Å². The van der Waals surface area contributed by atoms with Gasteiger partial charge in [-0.25, -0.2) is 4.79 Å². The van der Waals surface area contributed by atoms with Gasteiger partial charge in [-0.1, -0.05) is 27.2 Å². The van der Waals surface area contributed by atoms with Crippen LogP contribution in [0.2, 0.25) is 0 Å². The Hall–Kier alpha value is -1.06. The molecular weight excluding hydrogens is 268 g/mol. The highest BCUT2D eigenvalue weighted by molar-refractivity contribution is 5.80. The highest BCUT2D eigenvalue weighted by atomic mass is 16.6. The van der Waals surface area contributed by atoms with Gasteiger partial charge in [0.1, 0.15) is 5.60 Å². The van der Waals surface area contributed by atoms with Crippen LogP contribution in [0.3, 0.4) is 0 Å². The fourth-order valence-electron chi connectivity index (χ4n) is 2.32. The molecule has 122 valence electrons. The van der Waals surface area contributed by atoms with Gasteiger partial charge in [0.05, 0.1) is 5.41 Å². The molecule has 1 rings (SSSR count). The number of rotatable bonds is 4. The fourth-order valence-corrected chi connectivity index (χ4v) is 2.32. The lowest BCUT2D eigenvalue weighted by Gasteiger charge is -2.36. The number of carbonyl (C=O) groups is 2. The monoisotopic (exact) mass is 298 g/mol. The van der Waals surface area contributed by atoms with Gasteiger partial charge in [0.15, 0.2) is 6.61 Å². The van der Waals surface area contributed by atoms with Crippen molar-refractivity contribution in [3.05, 3.63) is 0 Å². The largest absolute Gasteiger partial charge is 0.457 e. The Kier molecular flexibility index (Phi) is 5.46. The zero-order valence-electron chi connectivity index (χ0n) is 14.4. The molecule has 0 aliphatic heterocycles. The van der Waals surface area contributed by atoms with Crippen LogP contribution in [0.4, 0.5) is 0 Å².